The molecule has 26 heavy (non-hydrogen) atoms. The zero-order valence-corrected chi connectivity index (χ0v) is 14.3. The molecule has 0 atom stereocenters. The number of hydrogen-bond donors (Lipinski definition) is 2. The number of methoxy groups -OCH3 is 1. The van der Waals surface area contributed by atoms with Crippen LogP contribution in [0.2, 0.25) is 0 Å². The molecule has 0 bridgehead atoms. The molecule has 0 fully saturated rings. The third kappa shape index (κ3) is 3.43. The average Bonchev–Trinajstić information content (AvgIpc) is 2.98. The van der Waals surface area contributed by atoms with Crippen molar-refractivity contribution in [1.82, 2.24) is 9.88 Å². The number of anilines is 1. The maximum Gasteiger partial charge on any atom is 0.337 e. The second-order valence-corrected chi connectivity index (χ2v) is 5.68. The van der Waals surface area contributed by atoms with E-state index in [0.717, 1.165) is 11.3 Å². The Kier molecular flexibility index (Phi) is 5.28. The highest BCUT2D eigenvalue weighted by molar-refractivity contribution is 6.09. The fourth-order valence-electron chi connectivity index (χ4n) is 2.82. The van der Waals surface area contributed by atoms with Gasteiger partial charge in [-0.25, -0.2) is 4.79 Å². The van der Waals surface area contributed by atoms with E-state index in [1.54, 1.807) is 6.20 Å². The first-order chi connectivity index (χ1) is 12.7. The molecule has 1 aliphatic heterocycles. The van der Waals surface area contributed by atoms with Crippen LogP contribution in [0.4, 0.5) is 5.69 Å². The molecule has 3 rings (SSSR count). The lowest BCUT2D eigenvalue weighted by Gasteiger charge is -2.16. The van der Waals surface area contributed by atoms with E-state index in [2.05, 4.69) is 10.3 Å². The summed E-state index contributed by atoms with van der Waals surface area (Å²) in [7, 11) is 1.27. The Morgan fingerprint density at radius 1 is 1.27 bits per heavy atom. The number of esters is 1. The summed E-state index contributed by atoms with van der Waals surface area (Å²) in [5, 5.41) is 12.2. The summed E-state index contributed by atoms with van der Waals surface area (Å²) in [6.45, 7) is 0.0601. The van der Waals surface area contributed by atoms with E-state index < -0.39 is 5.97 Å². The van der Waals surface area contributed by atoms with Crippen molar-refractivity contribution in [2.24, 2.45) is 0 Å². The van der Waals surface area contributed by atoms with Gasteiger partial charge in [0.15, 0.2) is 0 Å². The normalized spacial score (nSPS) is 13.9. The van der Waals surface area contributed by atoms with E-state index in [9.17, 15) is 9.59 Å². The van der Waals surface area contributed by atoms with E-state index in [1.807, 2.05) is 42.5 Å². The average molecular weight is 353 g/mol. The minimum atomic E-state index is -0.573. The predicted octanol–water partition coefficient (Wildman–Crippen LogP) is 1.42. The van der Waals surface area contributed by atoms with Crippen LogP contribution in [0.5, 0.6) is 0 Å². The molecule has 2 heterocycles. The maximum atomic E-state index is 12.6. The second-order valence-electron chi connectivity index (χ2n) is 5.68. The predicted molar refractivity (Wildman–Crippen MR) is 96.0 cm³/mol. The zero-order valence-electron chi connectivity index (χ0n) is 14.3. The monoisotopic (exact) mass is 353 g/mol. The molecule has 1 aromatic heterocycles. The largest absolute Gasteiger partial charge is 0.466 e. The molecule has 7 heteroatoms. The highest BCUT2D eigenvalue weighted by Gasteiger charge is 2.34. The first kappa shape index (κ1) is 17.6. The number of nitrogens with zero attached hydrogens (tertiary/aromatic N) is 2. The number of β-amino-alcohol motifs (C(OH)–C–C–N with tert-alkyl or cyclic N) is 1. The Balaban J connectivity index is 1.99. The Labute approximate surface area is 150 Å². The Morgan fingerprint density at radius 3 is 2.73 bits per heavy atom. The van der Waals surface area contributed by atoms with Crippen LogP contribution in [0, 0.1) is 0 Å². The van der Waals surface area contributed by atoms with Crippen molar-refractivity contribution < 1.29 is 19.4 Å². The van der Waals surface area contributed by atoms with Gasteiger partial charge in [-0.1, -0.05) is 24.3 Å². The highest BCUT2D eigenvalue weighted by Crippen LogP contribution is 2.29. The Morgan fingerprint density at radius 2 is 2.04 bits per heavy atom. The van der Waals surface area contributed by atoms with Gasteiger partial charge in [0.1, 0.15) is 5.70 Å². The molecule has 1 aromatic carbocycles. The van der Waals surface area contributed by atoms with Gasteiger partial charge in [0.05, 0.1) is 31.5 Å². The number of nitrogens with one attached hydrogen (secondary N) is 1. The molecule has 0 radical (unpaired) electrons. The standard InChI is InChI=1S/C19H19N3O4/c1-26-19(25)14-12-22(10-11-23)18(24)17(14)21-16-8-3-2-6-13(16)15-7-4-5-9-20-15/h2-9,21,23H,10-12H2,1H3. The number of aliphatic hydroxyl groups is 1. The van der Waals surface area contributed by atoms with Gasteiger partial charge in [0.2, 0.25) is 0 Å². The number of rotatable bonds is 6. The van der Waals surface area contributed by atoms with Crippen LogP contribution >= 0.6 is 0 Å². The number of ether oxygens (including phenoxy) is 1. The van der Waals surface area contributed by atoms with Crippen LogP contribution in [0.1, 0.15) is 0 Å². The molecule has 0 saturated carbocycles. The van der Waals surface area contributed by atoms with Crippen LogP contribution in [0.15, 0.2) is 59.9 Å². The summed E-state index contributed by atoms with van der Waals surface area (Å²) in [5.74, 6) is -0.924. The summed E-state index contributed by atoms with van der Waals surface area (Å²) in [6, 6.07) is 13.0. The van der Waals surface area contributed by atoms with Crippen LogP contribution in [0.3, 0.4) is 0 Å². The van der Waals surface area contributed by atoms with Crippen molar-refractivity contribution >= 4 is 17.6 Å². The van der Waals surface area contributed by atoms with Gasteiger partial charge in [0.25, 0.3) is 5.91 Å². The molecule has 2 N–H and O–H groups in total. The highest BCUT2D eigenvalue weighted by atomic mass is 16.5. The number of carbonyl (C=O) groups excluding carboxylic acids is 2. The van der Waals surface area contributed by atoms with E-state index in [-0.39, 0.29) is 36.9 Å². The lowest BCUT2D eigenvalue weighted by atomic mass is 10.1. The van der Waals surface area contributed by atoms with Crippen LogP contribution in [0.25, 0.3) is 11.3 Å². The van der Waals surface area contributed by atoms with Gasteiger partial charge in [-0.2, -0.15) is 0 Å². The third-order valence-electron chi connectivity index (χ3n) is 4.08. The van der Waals surface area contributed by atoms with Crippen molar-refractivity contribution in [2.75, 3.05) is 32.1 Å². The summed E-state index contributed by atoms with van der Waals surface area (Å²) in [5.41, 5.74) is 2.60. The van der Waals surface area contributed by atoms with Crippen LogP contribution < -0.4 is 5.32 Å². The van der Waals surface area contributed by atoms with Crippen LogP contribution in [-0.4, -0.2) is 53.7 Å². The summed E-state index contributed by atoms with van der Waals surface area (Å²) in [4.78, 5) is 30.5. The van der Waals surface area contributed by atoms with Gasteiger partial charge >= 0.3 is 5.97 Å². The molecule has 1 amide bonds. The maximum absolute atomic E-state index is 12.6. The zero-order chi connectivity index (χ0) is 18.5. The topological polar surface area (TPSA) is 91.8 Å². The van der Waals surface area contributed by atoms with Gasteiger partial charge in [-0.15, -0.1) is 0 Å². The van der Waals surface area contributed by atoms with Gasteiger partial charge < -0.3 is 20.1 Å². The molecular formula is C19H19N3O4. The smallest absolute Gasteiger partial charge is 0.337 e. The minimum absolute atomic E-state index is 0.0974. The van der Waals surface area contributed by atoms with Crippen molar-refractivity contribution in [3.05, 3.63) is 59.9 Å². The van der Waals surface area contributed by atoms with E-state index in [4.69, 9.17) is 9.84 Å². The molecule has 0 unspecified atom stereocenters. The summed E-state index contributed by atoms with van der Waals surface area (Å²) < 4.78 is 4.80. The number of hydrogen-bond acceptors (Lipinski definition) is 6. The summed E-state index contributed by atoms with van der Waals surface area (Å²) in [6.07, 6.45) is 1.69. The number of aromatic nitrogens is 1. The molecule has 0 spiro atoms. The van der Waals surface area contributed by atoms with Crippen molar-refractivity contribution in [3.63, 3.8) is 0 Å². The van der Waals surface area contributed by atoms with Gasteiger partial charge in [0, 0.05) is 24.0 Å². The van der Waals surface area contributed by atoms with E-state index >= 15 is 0 Å². The second kappa shape index (κ2) is 7.79. The van der Waals surface area contributed by atoms with E-state index in [1.165, 1.54) is 12.0 Å². The number of carbonyl (C=O) groups is 2. The number of benzene rings is 1. The van der Waals surface area contributed by atoms with Crippen LogP contribution in [-0.2, 0) is 14.3 Å². The lowest BCUT2D eigenvalue weighted by Crippen LogP contribution is -2.31. The van der Waals surface area contributed by atoms with Gasteiger partial charge in [-0.3, -0.25) is 9.78 Å². The Hall–Kier alpha value is -3.19. The van der Waals surface area contributed by atoms with Crippen molar-refractivity contribution in [3.8, 4) is 11.3 Å². The van der Waals surface area contributed by atoms with Crippen molar-refractivity contribution in [2.45, 2.75) is 0 Å². The fourth-order valence-corrected chi connectivity index (χ4v) is 2.82. The summed E-state index contributed by atoms with van der Waals surface area (Å²) >= 11 is 0. The molecule has 0 aliphatic carbocycles. The number of pyridine rings is 1. The first-order valence-corrected chi connectivity index (χ1v) is 8.14. The Bertz CT molecular complexity index is 849. The fraction of sp³-hybridized carbons (Fsp3) is 0.211. The number of para-hydroxylation sites is 1. The quantitative estimate of drug-likeness (QED) is 0.763. The van der Waals surface area contributed by atoms with Crippen molar-refractivity contribution in [1.29, 1.82) is 0 Å². The molecule has 1 aliphatic rings. The third-order valence-corrected chi connectivity index (χ3v) is 4.08. The molecule has 7 nitrogen and oxygen atoms in total. The molecule has 134 valence electrons. The molecule has 0 saturated heterocycles. The number of aliphatic hydroxyl groups excluding tert-OH is 1. The first-order valence-electron chi connectivity index (χ1n) is 8.14. The minimum Gasteiger partial charge on any atom is -0.466 e. The van der Waals surface area contributed by atoms with E-state index in [0.29, 0.717) is 5.69 Å². The SMILES string of the molecule is COC(=O)C1=C(Nc2ccccc2-c2ccccn2)C(=O)N(CCO)C1. The lowest BCUT2D eigenvalue weighted by molar-refractivity contribution is -0.136. The van der Waals surface area contributed by atoms with Gasteiger partial charge in [-0.05, 0) is 18.2 Å². The number of amides is 1. The molecular weight excluding hydrogens is 334 g/mol. The molecule has 2 aromatic rings.